The van der Waals surface area contributed by atoms with Crippen LogP contribution < -0.4 is 30.1 Å². The number of ether oxygens (including phenoxy) is 3. The first-order valence-corrected chi connectivity index (χ1v) is 24.4. The molecular weight excluding hydrogens is 835 g/mol. The number of aromatic nitrogens is 2. The number of amides is 4. The van der Waals surface area contributed by atoms with E-state index in [0.717, 1.165) is 49.2 Å². The summed E-state index contributed by atoms with van der Waals surface area (Å²) in [5.74, 6) is -1.20. The summed E-state index contributed by atoms with van der Waals surface area (Å²) in [6.07, 6.45) is 10.1. The molecule has 5 aliphatic rings. The third-order valence-electron chi connectivity index (χ3n) is 12.5. The van der Waals surface area contributed by atoms with Gasteiger partial charge < -0.3 is 35.1 Å². The van der Waals surface area contributed by atoms with Crippen molar-refractivity contribution in [2.75, 3.05) is 19.0 Å². The minimum Gasteiger partial charge on any atom is -0.496 e. The zero-order chi connectivity index (χ0) is 43.8. The normalized spacial score (nSPS) is 26.4. The van der Waals surface area contributed by atoms with Crippen molar-refractivity contribution in [3.05, 3.63) is 41.3 Å². The van der Waals surface area contributed by atoms with Crippen LogP contribution in [0.5, 0.6) is 11.5 Å². The maximum absolute atomic E-state index is 14.8. The first kappa shape index (κ1) is 43.7. The van der Waals surface area contributed by atoms with Gasteiger partial charge in [0, 0.05) is 40.8 Å². The number of alkyl carbamates (subject to hydrolysis) is 1. The Morgan fingerprint density at radius 2 is 1.76 bits per heavy atom. The van der Waals surface area contributed by atoms with Gasteiger partial charge in [-0.2, -0.15) is 0 Å². The first-order valence-electron chi connectivity index (χ1n) is 21.9. The number of carbonyl (C=O) groups is 4. The standard InChI is InChI=1S/C44H57N7O9S2/c1-25(2)45-42-47-34(24-61-42)33-21-37(31-18-19-36(58-4)26(3)38(31)46-33)59-29-20-35-39(52)49-44(41(54)50-62(56,57)30-16-17-30)22-27(44)12-8-6-5-7-9-15-32(40(53)51(35)23-29)48-43(55)60-28-13-10-11-14-28/h8,12,18-19,21,24-25,27-30,32,35H,5-7,9-11,13-17,20,22-23H2,1-4H3,(H,45,47)(H,48,55)(H,49,52)(H,50,54)/b12-8-/t27?,29-,32+,35+,44-/m1/s1. The number of thiazole rings is 1. The fraction of sp³-hybridized carbons (Fsp3) is 0.591. The Kier molecular flexibility index (Phi) is 12.7. The van der Waals surface area contributed by atoms with Crippen molar-refractivity contribution in [3.63, 3.8) is 0 Å². The summed E-state index contributed by atoms with van der Waals surface area (Å²) in [6, 6.07) is 3.57. The number of hydrogen-bond donors (Lipinski definition) is 4. The number of aryl methyl sites for hydroxylation is 1. The number of methoxy groups -OCH3 is 1. The molecule has 4 heterocycles. The highest BCUT2D eigenvalue weighted by molar-refractivity contribution is 7.91. The van der Waals surface area contributed by atoms with Crippen LogP contribution in [0.25, 0.3) is 22.3 Å². The molecule has 4 amide bonds. The molecule has 2 aliphatic heterocycles. The van der Waals surface area contributed by atoms with Crippen LogP contribution in [-0.2, 0) is 29.1 Å². The smallest absolute Gasteiger partial charge is 0.408 e. The lowest BCUT2D eigenvalue weighted by molar-refractivity contribution is -0.141. The van der Waals surface area contributed by atoms with Crippen LogP contribution in [0.3, 0.4) is 0 Å². The van der Waals surface area contributed by atoms with E-state index in [9.17, 15) is 27.6 Å². The molecule has 8 rings (SSSR count). The Morgan fingerprint density at radius 1 is 0.984 bits per heavy atom. The van der Waals surface area contributed by atoms with Crippen molar-refractivity contribution < 1.29 is 41.8 Å². The van der Waals surface area contributed by atoms with E-state index in [2.05, 4.69) is 20.7 Å². The Balaban J connectivity index is 1.13. The molecule has 62 heavy (non-hydrogen) atoms. The van der Waals surface area contributed by atoms with Crippen LogP contribution in [-0.4, -0.2) is 102 Å². The minimum absolute atomic E-state index is 0.0151. The lowest BCUT2D eigenvalue weighted by Gasteiger charge is -2.30. The van der Waals surface area contributed by atoms with Gasteiger partial charge >= 0.3 is 6.09 Å². The molecule has 0 radical (unpaired) electrons. The highest BCUT2D eigenvalue weighted by atomic mass is 32.2. The topological polar surface area (TPSA) is 207 Å². The Labute approximate surface area is 366 Å². The Hall–Kier alpha value is -4.97. The highest BCUT2D eigenvalue weighted by Crippen LogP contribution is 2.46. The molecule has 1 saturated heterocycles. The van der Waals surface area contributed by atoms with Crippen molar-refractivity contribution in [3.8, 4) is 22.9 Å². The SMILES string of the molecule is COc1ccc2c(O[C@@H]3C[C@H]4C(=O)N[C@]5(C(=O)NS(=O)(=O)C6CC6)CC5/C=C\CCCCC[C@H](NC(=O)OC5CCCC5)C(=O)N4C3)cc(-c3csc(NC(C)C)n3)nc2c1C. The van der Waals surface area contributed by atoms with Gasteiger partial charge in [0.2, 0.25) is 21.8 Å². The number of rotatable bonds is 11. The number of nitrogens with one attached hydrogen (secondary N) is 4. The van der Waals surface area contributed by atoms with Gasteiger partial charge in [-0.3, -0.25) is 19.1 Å². The number of fused-ring (bicyclic) bond motifs is 3. The minimum atomic E-state index is -3.91. The fourth-order valence-electron chi connectivity index (χ4n) is 8.89. The van der Waals surface area contributed by atoms with Gasteiger partial charge in [-0.1, -0.05) is 25.0 Å². The summed E-state index contributed by atoms with van der Waals surface area (Å²) >= 11 is 1.46. The van der Waals surface area contributed by atoms with E-state index in [1.54, 1.807) is 7.11 Å². The lowest BCUT2D eigenvalue weighted by atomic mass is 10.0. The molecule has 3 aliphatic carbocycles. The van der Waals surface area contributed by atoms with Crippen molar-refractivity contribution in [2.24, 2.45) is 5.92 Å². The van der Waals surface area contributed by atoms with E-state index in [1.807, 2.05) is 56.5 Å². The van der Waals surface area contributed by atoms with Gasteiger partial charge in [-0.15, -0.1) is 11.3 Å². The summed E-state index contributed by atoms with van der Waals surface area (Å²) in [4.78, 5) is 67.9. The molecule has 0 bridgehead atoms. The number of sulfonamides is 1. The van der Waals surface area contributed by atoms with Gasteiger partial charge in [0.25, 0.3) is 5.91 Å². The second-order valence-corrected chi connectivity index (χ2v) is 20.5. The predicted molar refractivity (Wildman–Crippen MR) is 234 cm³/mol. The van der Waals surface area contributed by atoms with E-state index in [-0.39, 0.29) is 31.5 Å². The first-order chi connectivity index (χ1) is 29.7. The summed E-state index contributed by atoms with van der Waals surface area (Å²) < 4.78 is 46.4. The zero-order valence-corrected chi connectivity index (χ0v) is 37.4. The van der Waals surface area contributed by atoms with Crippen LogP contribution in [0.4, 0.5) is 9.93 Å². The van der Waals surface area contributed by atoms with E-state index in [1.165, 1.54) is 16.2 Å². The van der Waals surface area contributed by atoms with E-state index < -0.39 is 68.7 Å². The Bertz CT molecular complexity index is 2340. The van der Waals surface area contributed by atoms with Crippen molar-refractivity contribution in [1.82, 2.24) is 30.2 Å². The number of nitrogens with zero attached hydrogens (tertiary/aromatic N) is 3. The second kappa shape index (κ2) is 18.0. The predicted octanol–water partition coefficient (Wildman–Crippen LogP) is 5.88. The molecule has 5 atom stereocenters. The van der Waals surface area contributed by atoms with Crippen LogP contribution in [0, 0.1) is 12.8 Å². The summed E-state index contributed by atoms with van der Waals surface area (Å²) in [5.41, 5.74) is 1.11. The summed E-state index contributed by atoms with van der Waals surface area (Å²) in [7, 11) is -2.32. The maximum atomic E-state index is 14.8. The molecule has 16 nitrogen and oxygen atoms in total. The number of allylic oxidation sites excluding steroid dienone is 1. The van der Waals surface area contributed by atoms with Crippen LogP contribution in [0.15, 0.2) is 35.7 Å². The molecule has 2 aromatic heterocycles. The summed E-state index contributed by atoms with van der Waals surface area (Å²) in [5, 5.41) is 11.8. The molecule has 3 saturated carbocycles. The van der Waals surface area contributed by atoms with Gasteiger partial charge in [0.1, 0.15) is 47.0 Å². The van der Waals surface area contributed by atoms with Crippen molar-refractivity contribution in [1.29, 1.82) is 0 Å². The van der Waals surface area contributed by atoms with Crippen LogP contribution in [0.1, 0.15) is 103 Å². The van der Waals surface area contributed by atoms with E-state index in [4.69, 9.17) is 24.2 Å². The number of hydrogen-bond acceptors (Lipinski definition) is 13. The molecule has 1 aromatic carbocycles. The molecule has 0 spiro atoms. The van der Waals surface area contributed by atoms with Crippen molar-refractivity contribution >= 4 is 61.2 Å². The molecular formula is C44H57N7O9S2. The fourth-order valence-corrected chi connectivity index (χ4v) is 11.1. The monoisotopic (exact) mass is 891 g/mol. The largest absolute Gasteiger partial charge is 0.496 e. The molecule has 18 heteroatoms. The quantitative estimate of drug-likeness (QED) is 0.167. The van der Waals surface area contributed by atoms with Crippen molar-refractivity contribution in [2.45, 2.75) is 145 Å². The number of carbonyl (C=O) groups excluding carboxylic acids is 4. The number of pyridine rings is 1. The van der Waals surface area contributed by atoms with Gasteiger partial charge in [0.15, 0.2) is 5.13 Å². The summed E-state index contributed by atoms with van der Waals surface area (Å²) in [6.45, 7) is 5.97. The van der Waals surface area contributed by atoms with Gasteiger partial charge in [-0.05, 0) is 97.1 Å². The van der Waals surface area contributed by atoms with E-state index >= 15 is 0 Å². The number of anilines is 1. The zero-order valence-electron chi connectivity index (χ0n) is 35.7. The lowest BCUT2D eigenvalue weighted by Crippen LogP contribution is -2.58. The Morgan fingerprint density at radius 3 is 2.50 bits per heavy atom. The molecule has 4 N–H and O–H groups in total. The van der Waals surface area contributed by atoms with E-state index in [0.29, 0.717) is 65.9 Å². The van der Waals surface area contributed by atoms with Gasteiger partial charge in [-0.25, -0.2) is 23.2 Å². The average Bonchev–Trinajstić information content (AvgIpc) is 4.01. The van der Waals surface area contributed by atoms with Gasteiger partial charge in [0.05, 0.1) is 30.1 Å². The molecule has 4 fully saturated rings. The highest BCUT2D eigenvalue weighted by Gasteiger charge is 2.62. The average molecular weight is 892 g/mol. The third kappa shape index (κ3) is 9.50. The number of benzene rings is 1. The van der Waals surface area contributed by atoms with Crippen LogP contribution in [0.2, 0.25) is 0 Å². The van der Waals surface area contributed by atoms with Crippen LogP contribution >= 0.6 is 11.3 Å². The molecule has 1 unspecified atom stereocenters. The third-order valence-corrected chi connectivity index (χ3v) is 15.1. The second-order valence-electron chi connectivity index (χ2n) is 17.6. The molecule has 334 valence electrons. The maximum Gasteiger partial charge on any atom is 0.408 e. The molecule has 3 aromatic rings.